The third kappa shape index (κ3) is 1.60. The first-order valence-corrected chi connectivity index (χ1v) is 9.43. The Morgan fingerprint density at radius 1 is 1.04 bits per heavy atom. The van der Waals surface area contributed by atoms with Crippen molar-refractivity contribution in [2.45, 2.75) is 36.8 Å². The fourth-order valence-corrected chi connectivity index (χ4v) is 6.99. The molecule has 3 aliphatic rings. The van der Waals surface area contributed by atoms with E-state index in [4.69, 9.17) is 0 Å². The van der Waals surface area contributed by atoms with E-state index >= 15 is 0 Å². The molecule has 0 N–H and O–H groups in total. The fourth-order valence-electron chi connectivity index (χ4n) is 4.91. The van der Waals surface area contributed by atoms with Crippen LogP contribution in [0.5, 0.6) is 0 Å². The topological polar surface area (TPSA) is 51.2 Å². The molecule has 1 aromatic rings. The monoisotopic (exact) mass is 340 g/mol. The molecule has 0 saturated heterocycles. The third-order valence-electron chi connectivity index (χ3n) is 6.19. The molecular formula is C20H20O3S. The number of benzene rings is 1. The Morgan fingerprint density at radius 2 is 1.67 bits per heavy atom. The number of carbonyl (C=O) groups excluding carboxylic acids is 2. The Bertz CT molecular complexity index is 848. The van der Waals surface area contributed by atoms with Crippen LogP contribution < -0.4 is 0 Å². The number of rotatable bonds is 2. The summed E-state index contributed by atoms with van der Waals surface area (Å²) < 4.78 is 12.5. The molecule has 0 amide bonds. The number of ketones is 2. The van der Waals surface area contributed by atoms with Gasteiger partial charge in [0.05, 0.1) is 16.2 Å². The van der Waals surface area contributed by atoms with Crippen molar-refractivity contribution in [3.8, 4) is 0 Å². The molecule has 4 rings (SSSR count). The highest BCUT2D eigenvalue weighted by Crippen LogP contribution is 2.64. The van der Waals surface area contributed by atoms with Gasteiger partial charge in [-0.15, -0.1) is 0 Å². The number of Topliss-reactive ketones (excluding diaryl/α,β-unsaturated/α-hetero) is 1. The minimum atomic E-state index is -1.58. The van der Waals surface area contributed by atoms with Crippen LogP contribution in [0.2, 0.25) is 0 Å². The van der Waals surface area contributed by atoms with Crippen LogP contribution in [0.1, 0.15) is 25.8 Å². The minimum Gasteiger partial charge on any atom is -0.294 e. The van der Waals surface area contributed by atoms with Crippen LogP contribution in [-0.2, 0) is 20.4 Å². The molecule has 1 saturated carbocycles. The maximum atomic E-state index is 13.6. The molecule has 2 bridgehead atoms. The molecule has 0 radical (unpaired) electrons. The summed E-state index contributed by atoms with van der Waals surface area (Å²) in [6, 6.07) is 7.44. The molecule has 0 heterocycles. The zero-order valence-electron chi connectivity index (χ0n) is 14.0. The Labute approximate surface area is 144 Å². The van der Waals surface area contributed by atoms with Crippen molar-refractivity contribution in [2.24, 2.45) is 17.3 Å². The first kappa shape index (κ1) is 15.7. The second-order valence-corrected chi connectivity index (χ2v) is 9.03. The van der Waals surface area contributed by atoms with Crippen LogP contribution in [-0.4, -0.2) is 20.5 Å². The molecule has 1 aromatic carbocycles. The van der Waals surface area contributed by atoms with Crippen molar-refractivity contribution >= 4 is 22.4 Å². The van der Waals surface area contributed by atoms with Crippen LogP contribution in [0.25, 0.3) is 0 Å². The first-order chi connectivity index (χ1) is 11.3. The van der Waals surface area contributed by atoms with Gasteiger partial charge in [-0.05, 0) is 56.9 Å². The lowest BCUT2D eigenvalue weighted by Crippen LogP contribution is -2.63. The third-order valence-corrected chi connectivity index (χ3v) is 8.40. The van der Waals surface area contributed by atoms with Crippen LogP contribution in [0.4, 0.5) is 0 Å². The normalized spacial score (nSPS) is 38.2. The molecule has 124 valence electrons. The zero-order valence-corrected chi connectivity index (χ0v) is 14.9. The molecule has 0 spiro atoms. The smallest absolute Gasteiger partial charge is 0.176 e. The van der Waals surface area contributed by atoms with E-state index in [1.165, 1.54) is 6.08 Å². The van der Waals surface area contributed by atoms with Crippen molar-refractivity contribution in [1.29, 1.82) is 0 Å². The van der Waals surface area contributed by atoms with Crippen molar-refractivity contribution in [3.05, 3.63) is 53.6 Å². The molecule has 5 atom stereocenters. The number of allylic oxidation sites excluding steroid dienone is 4. The van der Waals surface area contributed by atoms with Gasteiger partial charge in [0.1, 0.15) is 4.75 Å². The van der Waals surface area contributed by atoms with Gasteiger partial charge < -0.3 is 0 Å². The van der Waals surface area contributed by atoms with Crippen molar-refractivity contribution in [1.82, 2.24) is 0 Å². The minimum absolute atomic E-state index is 0.0167. The lowest BCUT2D eigenvalue weighted by Gasteiger charge is -2.48. The Kier molecular flexibility index (Phi) is 3.17. The SMILES string of the molecule is CC1=CC(=O)[C@]2(S(=O)c3ccc(C)cc3)[C@@H]3C=C[C@@H](C3)[C@]2(C)C1=O. The summed E-state index contributed by atoms with van der Waals surface area (Å²) in [5.41, 5.74) is 0.642. The van der Waals surface area contributed by atoms with Gasteiger partial charge in [-0.2, -0.15) is 0 Å². The molecule has 1 unspecified atom stereocenters. The summed E-state index contributed by atoms with van der Waals surface area (Å²) in [4.78, 5) is 26.9. The summed E-state index contributed by atoms with van der Waals surface area (Å²) in [5, 5.41) is 0. The molecule has 4 heteroatoms. The maximum Gasteiger partial charge on any atom is 0.176 e. The number of hydrogen-bond acceptors (Lipinski definition) is 3. The summed E-state index contributed by atoms with van der Waals surface area (Å²) in [6.07, 6.45) is 6.19. The lowest BCUT2D eigenvalue weighted by molar-refractivity contribution is -0.134. The van der Waals surface area contributed by atoms with Gasteiger partial charge in [0.15, 0.2) is 11.6 Å². The van der Waals surface area contributed by atoms with Gasteiger partial charge in [0.25, 0.3) is 0 Å². The summed E-state index contributed by atoms with van der Waals surface area (Å²) in [5.74, 6) is -0.343. The lowest BCUT2D eigenvalue weighted by atomic mass is 9.61. The quantitative estimate of drug-likeness (QED) is 0.777. The molecule has 1 fully saturated rings. The predicted molar refractivity (Wildman–Crippen MR) is 92.9 cm³/mol. The predicted octanol–water partition coefficient (Wildman–Crippen LogP) is 3.15. The molecule has 0 aliphatic heterocycles. The van der Waals surface area contributed by atoms with Gasteiger partial charge in [0, 0.05) is 10.8 Å². The highest BCUT2D eigenvalue weighted by Gasteiger charge is 2.74. The molecule has 0 aromatic heterocycles. The van der Waals surface area contributed by atoms with E-state index in [0.717, 1.165) is 12.0 Å². The van der Waals surface area contributed by atoms with E-state index < -0.39 is 21.0 Å². The van der Waals surface area contributed by atoms with E-state index in [1.54, 1.807) is 6.92 Å². The first-order valence-electron chi connectivity index (χ1n) is 8.28. The highest BCUT2D eigenvalue weighted by molar-refractivity contribution is 7.87. The van der Waals surface area contributed by atoms with Gasteiger partial charge >= 0.3 is 0 Å². The van der Waals surface area contributed by atoms with Crippen LogP contribution >= 0.6 is 0 Å². The van der Waals surface area contributed by atoms with E-state index in [9.17, 15) is 13.8 Å². The number of fused-ring (bicyclic) bond motifs is 5. The maximum absolute atomic E-state index is 13.6. The van der Waals surface area contributed by atoms with Gasteiger partial charge in [-0.25, -0.2) is 0 Å². The Hall–Kier alpha value is -1.81. The second kappa shape index (κ2) is 4.85. The van der Waals surface area contributed by atoms with Crippen molar-refractivity contribution in [3.63, 3.8) is 0 Å². The summed E-state index contributed by atoms with van der Waals surface area (Å²) in [6.45, 7) is 5.51. The van der Waals surface area contributed by atoms with Crippen molar-refractivity contribution in [2.75, 3.05) is 0 Å². The van der Waals surface area contributed by atoms with Crippen LogP contribution in [0, 0.1) is 24.2 Å². The summed E-state index contributed by atoms with van der Waals surface area (Å²) in [7, 11) is -1.58. The zero-order chi connectivity index (χ0) is 17.3. The second-order valence-electron chi connectivity index (χ2n) is 7.37. The van der Waals surface area contributed by atoms with Gasteiger partial charge in [-0.3, -0.25) is 13.8 Å². The van der Waals surface area contributed by atoms with Gasteiger partial charge in [0.2, 0.25) is 0 Å². The Balaban J connectivity index is 1.97. The molecule has 3 aliphatic carbocycles. The molecule has 3 nitrogen and oxygen atoms in total. The van der Waals surface area contributed by atoms with E-state index in [-0.39, 0.29) is 23.4 Å². The van der Waals surface area contributed by atoms with Crippen molar-refractivity contribution < 1.29 is 13.8 Å². The Morgan fingerprint density at radius 3 is 2.33 bits per heavy atom. The van der Waals surface area contributed by atoms with E-state index in [1.807, 2.05) is 50.3 Å². The van der Waals surface area contributed by atoms with E-state index in [0.29, 0.717) is 10.5 Å². The molecule has 24 heavy (non-hydrogen) atoms. The van der Waals surface area contributed by atoms with E-state index in [2.05, 4.69) is 0 Å². The van der Waals surface area contributed by atoms with Crippen LogP contribution in [0.3, 0.4) is 0 Å². The molecular weight excluding hydrogens is 320 g/mol. The fraction of sp³-hybridized carbons (Fsp3) is 0.400. The number of hydrogen-bond donors (Lipinski definition) is 0. The average Bonchev–Trinajstić information content (AvgIpc) is 3.13. The number of carbonyl (C=O) groups is 2. The average molecular weight is 340 g/mol. The largest absolute Gasteiger partial charge is 0.294 e. The van der Waals surface area contributed by atoms with Gasteiger partial charge in [-0.1, -0.05) is 29.8 Å². The summed E-state index contributed by atoms with van der Waals surface area (Å²) >= 11 is 0. The van der Waals surface area contributed by atoms with Crippen LogP contribution in [0.15, 0.2) is 53.0 Å². The standard InChI is InChI=1S/C20H20O3S/c1-12-4-8-16(9-5-12)24(23)20-15-7-6-14(11-15)19(20,3)18(22)13(2)10-17(20)21/h4-10,14-15H,11H2,1-3H3/t14-,15+,19+,20+,24?/m0/s1. The number of aryl methyl sites for hydroxylation is 1. The highest BCUT2D eigenvalue weighted by atomic mass is 32.2.